The van der Waals surface area contributed by atoms with Gasteiger partial charge in [0.2, 0.25) is 0 Å². The maximum Gasteiger partial charge on any atom is 0.161 e. The Morgan fingerprint density at radius 3 is 1.57 bits per heavy atom. The highest BCUT2D eigenvalue weighted by Crippen LogP contribution is 2.42. The van der Waals surface area contributed by atoms with E-state index in [1.165, 1.54) is 26.9 Å². The van der Waals surface area contributed by atoms with Crippen molar-refractivity contribution in [3.8, 4) is 45.0 Å². The molecule has 0 fully saturated rings. The summed E-state index contributed by atoms with van der Waals surface area (Å²) in [6.45, 7) is 0. The summed E-state index contributed by atoms with van der Waals surface area (Å²) in [5.74, 6) is 0.712. The normalized spacial score (nSPS) is 11.7. The Bertz CT molecular complexity index is 2810. The molecule has 0 aliphatic rings. The summed E-state index contributed by atoms with van der Waals surface area (Å²) >= 11 is 0. The van der Waals surface area contributed by atoms with E-state index in [2.05, 4.69) is 146 Å². The zero-order valence-corrected chi connectivity index (χ0v) is 26.5. The quantitative estimate of drug-likeness (QED) is 0.183. The Kier molecular flexibility index (Phi) is 6.18. The van der Waals surface area contributed by atoms with E-state index < -0.39 is 0 Å². The molecule has 0 aliphatic carbocycles. The van der Waals surface area contributed by atoms with Crippen molar-refractivity contribution in [2.45, 2.75) is 0 Å². The van der Waals surface area contributed by atoms with Gasteiger partial charge in [0.25, 0.3) is 0 Å². The standard InChI is InChI=1S/C46H28N2O/c1-3-12-29(13-4-1)41-28-42(30-14-5-2-6-15-30)48-46(47-41)38-20-11-19-36-33-16-7-8-17-34(33)39-26-31(22-24-37(39)45(36)38)32-23-25-44-40(27-32)35-18-9-10-21-43(35)49-44/h1-28H. The van der Waals surface area contributed by atoms with Crippen molar-refractivity contribution in [3.05, 3.63) is 170 Å². The molecular formula is C46H28N2O. The molecule has 0 amide bonds. The van der Waals surface area contributed by atoms with Gasteiger partial charge in [-0.15, -0.1) is 0 Å². The number of benzene rings is 8. The van der Waals surface area contributed by atoms with Crippen molar-refractivity contribution in [2.24, 2.45) is 0 Å². The smallest absolute Gasteiger partial charge is 0.161 e. The molecule has 8 aromatic carbocycles. The molecule has 3 heteroatoms. The minimum atomic E-state index is 0.712. The number of fused-ring (bicyclic) bond motifs is 9. The van der Waals surface area contributed by atoms with Crippen LogP contribution in [0.2, 0.25) is 0 Å². The second-order valence-electron chi connectivity index (χ2n) is 12.5. The number of furan rings is 1. The molecule has 2 aromatic heterocycles. The first kappa shape index (κ1) is 27.5. The summed E-state index contributed by atoms with van der Waals surface area (Å²) < 4.78 is 6.14. The van der Waals surface area contributed by atoms with Crippen molar-refractivity contribution in [3.63, 3.8) is 0 Å². The maximum absolute atomic E-state index is 6.14. The molecule has 228 valence electrons. The van der Waals surface area contributed by atoms with Crippen molar-refractivity contribution in [2.75, 3.05) is 0 Å². The molecule has 3 nitrogen and oxygen atoms in total. The zero-order chi connectivity index (χ0) is 32.3. The largest absolute Gasteiger partial charge is 0.456 e. The van der Waals surface area contributed by atoms with Gasteiger partial charge in [-0.3, -0.25) is 0 Å². The van der Waals surface area contributed by atoms with Crippen molar-refractivity contribution >= 4 is 54.3 Å². The van der Waals surface area contributed by atoms with Crippen molar-refractivity contribution in [1.29, 1.82) is 0 Å². The fourth-order valence-corrected chi connectivity index (χ4v) is 7.36. The fourth-order valence-electron chi connectivity index (χ4n) is 7.36. The fraction of sp³-hybridized carbons (Fsp3) is 0. The summed E-state index contributed by atoms with van der Waals surface area (Å²) in [5, 5.41) is 9.42. The third-order valence-corrected chi connectivity index (χ3v) is 9.68. The SMILES string of the molecule is c1ccc(-c2cc(-c3ccccc3)nc(-c3cccc4c5ccccc5c5cc(-c6ccc7oc8ccccc8c7c6)ccc5c34)n2)cc1. The molecule has 2 heterocycles. The Labute approximate surface area is 282 Å². The maximum atomic E-state index is 6.14. The van der Waals surface area contributed by atoms with E-state index in [0.717, 1.165) is 66.5 Å². The predicted octanol–water partition coefficient (Wildman–Crippen LogP) is 12.5. The van der Waals surface area contributed by atoms with E-state index >= 15 is 0 Å². The summed E-state index contributed by atoms with van der Waals surface area (Å²) in [6, 6.07) is 59.7. The van der Waals surface area contributed by atoms with Crippen LogP contribution in [0.3, 0.4) is 0 Å². The van der Waals surface area contributed by atoms with Gasteiger partial charge in [-0.25, -0.2) is 9.97 Å². The number of nitrogens with zero attached hydrogens (tertiary/aromatic N) is 2. The van der Waals surface area contributed by atoms with Crippen LogP contribution in [0.25, 0.3) is 99.3 Å². The van der Waals surface area contributed by atoms with Crippen LogP contribution >= 0.6 is 0 Å². The summed E-state index contributed by atoms with van der Waals surface area (Å²) in [6.07, 6.45) is 0. The van der Waals surface area contributed by atoms with Crippen LogP contribution in [0.15, 0.2) is 174 Å². The number of para-hydroxylation sites is 1. The molecule has 0 bridgehead atoms. The first-order chi connectivity index (χ1) is 24.3. The number of hydrogen-bond acceptors (Lipinski definition) is 3. The first-order valence-corrected chi connectivity index (χ1v) is 16.6. The van der Waals surface area contributed by atoms with E-state index in [9.17, 15) is 0 Å². The molecule has 0 N–H and O–H groups in total. The Morgan fingerprint density at radius 2 is 0.857 bits per heavy atom. The topological polar surface area (TPSA) is 38.9 Å². The Balaban J connectivity index is 1.24. The lowest BCUT2D eigenvalue weighted by Crippen LogP contribution is -1.97. The second kappa shape index (κ2) is 11.0. The molecule has 0 unspecified atom stereocenters. The van der Waals surface area contributed by atoms with Gasteiger partial charge in [-0.2, -0.15) is 0 Å². The van der Waals surface area contributed by atoms with E-state index in [1.54, 1.807) is 0 Å². The van der Waals surface area contributed by atoms with Gasteiger partial charge in [0.05, 0.1) is 11.4 Å². The average Bonchev–Trinajstić information content (AvgIpc) is 3.56. The third kappa shape index (κ3) is 4.51. The van der Waals surface area contributed by atoms with Gasteiger partial charge < -0.3 is 4.42 Å². The molecule has 0 spiro atoms. The molecule has 0 aliphatic heterocycles. The van der Waals surface area contributed by atoms with Gasteiger partial charge in [-0.1, -0.05) is 140 Å². The molecule has 0 radical (unpaired) electrons. The summed E-state index contributed by atoms with van der Waals surface area (Å²) in [7, 11) is 0. The molecular weight excluding hydrogens is 597 g/mol. The lowest BCUT2D eigenvalue weighted by atomic mass is 9.89. The van der Waals surface area contributed by atoms with Crippen LogP contribution in [-0.2, 0) is 0 Å². The van der Waals surface area contributed by atoms with Gasteiger partial charge in [-0.05, 0) is 68.4 Å². The van der Waals surface area contributed by atoms with Crippen LogP contribution in [0.1, 0.15) is 0 Å². The van der Waals surface area contributed by atoms with Crippen LogP contribution in [0.4, 0.5) is 0 Å². The lowest BCUT2D eigenvalue weighted by molar-refractivity contribution is 0.669. The van der Waals surface area contributed by atoms with E-state index in [0.29, 0.717) is 5.82 Å². The van der Waals surface area contributed by atoms with Crippen LogP contribution < -0.4 is 0 Å². The van der Waals surface area contributed by atoms with Crippen molar-refractivity contribution < 1.29 is 4.42 Å². The first-order valence-electron chi connectivity index (χ1n) is 16.6. The van der Waals surface area contributed by atoms with Gasteiger partial charge in [0, 0.05) is 32.8 Å². The van der Waals surface area contributed by atoms with E-state index in [-0.39, 0.29) is 0 Å². The molecule has 49 heavy (non-hydrogen) atoms. The second-order valence-corrected chi connectivity index (χ2v) is 12.5. The van der Waals surface area contributed by atoms with E-state index in [4.69, 9.17) is 14.4 Å². The summed E-state index contributed by atoms with van der Waals surface area (Å²) in [5.41, 5.74) is 9.07. The Hall–Kier alpha value is -6.58. The highest BCUT2D eigenvalue weighted by atomic mass is 16.3. The van der Waals surface area contributed by atoms with Crippen molar-refractivity contribution in [1.82, 2.24) is 9.97 Å². The third-order valence-electron chi connectivity index (χ3n) is 9.68. The summed E-state index contributed by atoms with van der Waals surface area (Å²) in [4.78, 5) is 10.5. The minimum Gasteiger partial charge on any atom is -0.456 e. The van der Waals surface area contributed by atoms with Crippen LogP contribution in [0.5, 0.6) is 0 Å². The van der Waals surface area contributed by atoms with Crippen LogP contribution in [0, 0.1) is 0 Å². The highest BCUT2D eigenvalue weighted by molar-refractivity contribution is 6.28. The van der Waals surface area contributed by atoms with E-state index in [1.807, 2.05) is 24.3 Å². The highest BCUT2D eigenvalue weighted by Gasteiger charge is 2.18. The molecule has 0 saturated heterocycles. The lowest BCUT2D eigenvalue weighted by Gasteiger charge is -2.16. The minimum absolute atomic E-state index is 0.712. The Morgan fingerprint density at radius 1 is 0.327 bits per heavy atom. The van der Waals surface area contributed by atoms with Crippen LogP contribution in [-0.4, -0.2) is 9.97 Å². The average molecular weight is 625 g/mol. The number of rotatable bonds is 4. The zero-order valence-electron chi connectivity index (χ0n) is 26.5. The van der Waals surface area contributed by atoms with Gasteiger partial charge in [0.1, 0.15) is 11.2 Å². The molecule has 0 atom stereocenters. The monoisotopic (exact) mass is 624 g/mol. The number of hydrogen-bond donors (Lipinski definition) is 0. The van der Waals surface area contributed by atoms with Gasteiger partial charge >= 0.3 is 0 Å². The predicted molar refractivity (Wildman–Crippen MR) is 204 cm³/mol. The van der Waals surface area contributed by atoms with Gasteiger partial charge in [0.15, 0.2) is 5.82 Å². The number of aromatic nitrogens is 2. The molecule has 10 rings (SSSR count). The molecule has 0 saturated carbocycles. The molecule has 10 aromatic rings.